The van der Waals surface area contributed by atoms with E-state index in [1.807, 2.05) is 55.5 Å². The maximum atomic E-state index is 11.6. The van der Waals surface area contributed by atoms with Crippen LogP contribution < -0.4 is 18.9 Å². The molecule has 0 saturated carbocycles. The molecule has 4 heterocycles. The van der Waals surface area contributed by atoms with E-state index in [2.05, 4.69) is 306 Å². The number of hydrogen-bond donors (Lipinski definition) is 0. The molecule has 5 unspecified atom stereocenters. The van der Waals surface area contributed by atoms with Crippen LogP contribution in [-0.2, 0) is 42.9 Å². The van der Waals surface area contributed by atoms with Crippen LogP contribution in [0.3, 0.4) is 0 Å². The van der Waals surface area contributed by atoms with E-state index in [0.29, 0.717) is 46.1 Å². The van der Waals surface area contributed by atoms with E-state index < -0.39 is 0 Å². The third-order valence-electron chi connectivity index (χ3n) is 18.7. The van der Waals surface area contributed by atoms with Crippen LogP contribution >= 0.6 is 106 Å². The molecule has 0 amide bonds. The molecule has 0 aliphatic rings. The lowest BCUT2D eigenvalue weighted by molar-refractivity contribution is -0.145. The van der Waals surface area contributed by atoms with Crippen molar-refractivity contribution in [2.75, 3.05) is 59.5 Å². The molecule has 21 heteroatoms. The van der Waals surface area contributed by atoms with Crippen molar-refractivity contribution in [3.63, 3.8) is 0 Å². The fourth-order valence-corrected chi connectivity index (χ4v) is 23.3. The van der Waals surface area contributed by atoms with E-state index >= 15 is 0 Å². The molecule has 13 nitrogen and oxygen atoms in total. The summed E-state index contributed by atoms with van der Waals surface area (Å²) < 4.78 is 60.1. The third kappa shape index (κ3) is 21.5. The lowest BCUT2D eigenvalue weighted by atomic mass is 10.2. The zero-order valence-corrected chi connectivity index (χ0v) is 74.7. The minimum Gasteiger partial charge on any atom is -0.493 e. The van der Waals surface area contributed by atoms with Gasteiger partial charge in [-0.3, -0.25) is 19.2 Å². The second-order valence-electron chi connectivity index (χ2n) is 27.1. The smallest absolute Gasteiger partial charge is 0.319 e. The molecule has 12 aromatic carbocycles. The number of halogens is 4. The number of hydrogen-bond acceptors (Lipinski definition) is 13. The van der Waals surface area contributed by atoms with Crippen LogP contribution in [0, 0.1) is 0 Å². The Morgan fingerprint density at radius 3 is 0.761 bits per heavy atom. The summed E-state index contributed by atoms with van der Waals surface area (Å²) in [7, 11) is -0.382. The van der Waals surface area contributed by atoms with Gasteiger partial charge in [-0.2, -0.15) is 0 Å². The molecule has 0 spiro atoms. The number of fused-ring (bicyclic) bond motifs is 12. The van der Waals surface area contributed by atoms with E-state index in [9.17, 15) is 19.2 Å². The van der Waals surface area contributed by atoms with Gasteiger partial charge in [0.25, 0.3) is 0 Å². The number of ether oxygens (including phenoxy) is 9. The topological polar surface area (TPSA) is 151 Å². The predicted octanol–water partition coefficient (Wildman–Crippen LogP) is 26.5. The standard InChI is InChI=1S/C25H24BrO4S.2C24H22BrO3S.C23H20BrO3S/c1-18(26)25(27)30-17-15-28-14-16-29-19-10-12-20(13-11-19)31-23-8-4-2-6-21(23)22-7-3-5-9-24(22)31;1-16(15-27-24(26)17(2)25)28-18-11-13-19(14-12-18)29-22-9-5-3-7-20(22)21-8-4-6-10-23(21)29;1-17(25)24(26)28-16-6-15-27-18-11-13-19(14-12-18)29-22-9-4-2-7-20(22)21-8-3-5-10-23(21)29;1-16(24)23(25)27-15-14-26-17-10-12-18(13-11-17)28-21-8-4-2-6-19(21)20-7-3-5-9-22(20)28/h2-13,18H,14-17H2,1H3;3-14,16-17H,15H2,1-2H3;2-5,7-14,17H,6,15-16H2,1H3;2-13,16H,14-15H2,1H3/q4*+1. The zero-order valence-electron chi connectivity index (χ0n) is 65.1. The Morgan fingerprint density at radius 1 is 0.256 bits per heavy atom. The molecular formula is C96H88Br4O13S4+4. The number of alkyl halides is 4. The van der Waals surface area contributed by atoms with Crippen LogP contribution in [-0.4, -0.2) is 109 Å². The van der Waals surface area contributed by atoms with Crippen LogP contribution in [0.15, 0.2) is 291 Å². The van der Waals surface area contributed by atoms with Gasteiger partial charge in [0.2, 0.25) is 0 Å². The van der Waals surface area contributed by atoms with E-state index in [0.717, 1.165) is 23.0 Å². The first kappa shape index (κ1) is 85.4. The molecule has 0 bridgehead atoms. The second-order valence-corrected chi connectivity index (χ2v) is 40.5. The van der Waals surface area contributed by atoms with Crippen LogP contribution in [0.1, 0.15) is 41.0 Å². The van der Waals surface area contributed by atoms with E-state index in [-0.39, 0.29) is 111 Å². The molecule has 0 aliphatic heterocycles. The zero-order chi connectivity index (χ0) is 81.7. The minimum atomic E-state index is -0.313. The lowest BCUT2D eigenvalue weighted by Crippen LogP contribution is -2.24. The normalized spacial score (nSPS) is 12.5. The van der Waals surface area contributed by atoms with Gasteiger partial charge in [-0.05, 0) is 180 Å². The molecule has 16 aromatic rings. The molecule has 0 aliphatic carbocycles. The van der Waals surface area contributed by atoms with E-state index in [1.54, 1.807) is 27.7 Å². The molecular weight excluding hydrogens is 1810 g/mol. The highest BCUT2D eigenvalue weighted by molar-refractivity contribution is 9.10. The molecule has 0 radical (unpaired) electrons. The van der Waals surface area contributed by atoms with Crippen molar-refractivity contribution in [1.29, 1.82) is 0 Å². The van der Waals surface area contributed by atoms with Crippen molar-refractivity contribution >= 4 is 210 Å². The Kier molecular flexibility index (Phi) is 30.5. The van der Waals surface area contributed by atoms with Gasteiger partial charge in [0, 0.05) is 140 Å². The summed E-state index contributed by atoms with van der Waals surface area (Å²) in [6, 6.07) is 102. The average Bonchev–Trinajstić information content (AvgIpc) is 1.63. The van der Waals surface area contributed by atoms with Gasteiger partial charge in [-0.15, -0.1) is 0 Å². The number of carbonyl (C=O) groups excluding carboxylic acids is 4. The second kappa shape index (κ2) is 41.7. The lowest BCUT2D eigenvalue weighted by Gasteiger charge is -2.15. The van der Waals surface area contributed by atoms with Crippen molar-refractivity contribution in [2.45, 2.75) is 66.5 Å². The number of benzene rings is 12. The Labute approximate surface area is 725 Å². The molecule has 117 heavy (non-hydrogen) atoms. The number of rotatable bonds is 28. The van der Waals surface area contributed by atoms with Crippen LogP contribution in [0.5, 0.6) is 23.0 Å². The van der Waals surface area contributed by atoms with Crippen molar-refractivity contribution in [2.24, 2.45) is 0 Å². The summed E-state index contributed by atoms with van der Waals surface area (Å²) in [4.78, 5) is 49.6. The Bertz CT molecular complexity index is 5820. The van der Waals surface area contributed by atoms with Gasteiger partial charge < -0.3 is 42.6 Å². The number of thiophene rings is 4. The fraction of sp³-hybridized carbons (Fsp3) is 0.208. The molecule has 0 fully saturated rings. The van der Waals surface area contributed by atoms with Gasteiger partial charge in [-0.1, -0.05) is 161 Å². The Hall–Kier alpha value is -9.52. The molecule has 5 atom stereocenters. The van der Waals surface area contributed by atoms with Crippen LogP contribution in [0.25, 0.3) is 100 Å². The maximum absolute atomic E-state index is 11.6. The summed E-state index contributed by atoms with van der Waals surface area (Å²) in [6.45, 7) is 12.0. The highest BCUT2D eigenvalue weighted by Crippen LogP contribution is 2.52. The largest absolute Gasteiger partial charge is 0.493 e. The summed E-state index contributed by atoms with van der Waals surface area (Å²) in [5.74, 6) is 2.11. The number of esters is 4. The molecule has 4 aromatic heterocycles. The van der Waals surface area contributed by atoms with Crippen molar-refractivity contribution in [3.8, 4) is 42.6 Å². The van der Waals surface area contributed by atoms with Gasteiger partial charge >= 0.3 is 23.9 Å². The van der Waals surface area contributed by atoms with Crippen molar-refractivity contribution in [3.05, 3.63) is 291 Å². The minimum absolute atomic E-state index is 0.0849. The summed E-state index contributed by atoms with van der Waals surface area (Å²) >= 11 is 12.8. The average molecular weight is 1900 g/mol. The van der Waals surface area contributed by atoms with Crippen molar-refractivity contribution in [1.82, 2.24) is 0 Å². The highest BCUT2D eigenvalue weighted by Gasteiger charge is 2.28. The fourth-order valence-electron chi connectivity index (χ4n) is 13.3. The first-order chi connectivity index (χ1) is 57.0. The predicted molar refractivity (Wildman–Crippen MR) is 500 cm³/mol. The molecule has 598 valence electrons. The Morgan fingerprint density at radius 2 is 0.479 bits per heavy atom. The SMILES string of the molecule is CC(Br)C(=O)OCCCOc1ccc(-[s+]2c3ccccc3c3ccccc32)cc1.CC(Br)C(=O)OCCOCCOc1ccc(-[s+]2c3ccccc3c3ccccc32)cc1.CC(Br)C(=O)OCCOc1ccc(-[s+]2c3ccccc3c3ccccc32)cc1.CC(COC(=O)C(C)Br)Oc1ccc(-[s+]2c3ccccc3c3ccccc32)cc1. The summed E-state index contributed by atoms with van der Waals surface area (Å²) in [6.07, 6.45) is 0.449. The monoisotopic (exact) mass is 1890 g/mol. The van der Waals surface area contributed by atoms with Crippen molar-refractivity contribution < 1.29 is 61.8 Å². The van der Waals surface area contributed by atoms with Crippen LogP contribution in [0.4, 0.5) is 0 Å². The van der Waals surface area contributed by atoms with E-state index in [4.69, 9.17) is 42.6 Å². The van der Waals surface area contributed by atoms with Gasteiger partial charge in [0.1, 0.15) is 81.4 Å². The number of carbonyl (C=O) groups is 4. The van der Waals surface area contributed by atoms with Gasteiger partial charge in [0.05, 0.1) is 26.4 Å². The first-order valence-corrected chi connectivity index (χ1v) is 47.0. The molecule has 0 N–H and O–H groups in total. The highest BCUT2D eigenvalue weighted by atomic mass is 79.9. The maximum Gasteiger partial charge on any atom is 0.319 e. The van der Waals surface area contributed by atoms with E-state index in [1.165, 1.54) is 100 Å². The molecule has 0 saturated heterocycles. The summed E-state index contributed by atoms with van der Waals surface area (Å²) in [5.41, 5.74) is 0. The molecule has 16 rings (SSSR count). The summed E-state index contributed by atoms with van der Waals surface area (Å²) in [5, 5.41) is 10.6. The quantitative estimate of drug-likeness (QED) is 0.0151. The van der Waals surface area contributed by atoms with Crippen LogP contribution in [0.2, 0.25) is 0 Å². The van der Waals surface area contributed by atoms with Gasteiger partial charge in [-0.25, -0.2) is 0 Å². The van der Waals surface area contributed by atoms with Gasteiger partial charge in [0.15, 0.2) is 57.2 Å². The first-order valence-electron chi connectivity index (χ1n) is 38.5. The third-order valence-corrected chi connectivity index (χ3v) is 29.6. The Balaban J connectivity index is 0.000000136.